The third kappa shape index (κ3) is 5.16. The van der Waals surface area contributed by atoms with Crippen LogP contribution in [0.2, 0.25) is 0 Å². The van der Waals surface area contributed by atoms with Crippen LogP contribution in [0, 0.1) is 13.8 Å². The van der Waals surface area contributed by atoms with E-state index in [0.717, 1.165) is 33.1 Å². The molecule has 3 aromatic heterocycles. The van der Waals surface area contributed by atoms with Crippen LogP contribution in [0.15, 0.2) is 93.5 Å². The first-order chi connectivity index (χ1) is 21.3. The smallest absolute Gasteiger partial charge is 0.338 e. The number of benzene rings is 2. The predicted octanol–water partition coefficient (Wildman–Crippen LogP) is 5.19. The van der Waals surface area contributed by atoms with Gasteiger partial charge in [-0.3, -0.25) is 9.36 Å². The van der Waals surface area contributed by atoms with Gasteiger partial charge in [0.2, 0.25) is 0 Å². The average molecular weight is 624 g/mol. The molecule has 0 radical (unpaired) electrons. The lowest BCUT2D eigenvalue weighted by Crippen LogP contribution is -2.39. The Kier molecular flexibility index (Phi) is 8.03. The highest BCUT2D eigenvalue weighted by Crippen LogP contribution is 2.36. The van der Waals surface area contributed by atoms with E-state index in [-0.39, 0.29) is 12.2 Å². The molecule has 0 saturated carbocycles. The Hall–Kier alpha value is -4.80. The van der Waals surface area contributed by atoms with Crippen molar-refractivity contribution in [2.24, 2.45) is 4.99 Å². The van der Waals surface area contributed by atoms with Crippen molar-refractivity contribution >= 4 is 46.4 Å². The summed E-state index contributed by atoms with van der Waals surface area (Å²) in [6.07, 6.45) is 1.88. The number of aryl methyl sites for hydroxylation is 1. The second kappa shape index (κ2) is 12.1. The number of hydrogen-bond donors (Lipinski definition) is 0. The molecule has 1 aliphatic heterocycles. The fourth-order valence-electron chi connectivity index (χ4n) is 5.49. The van der Waals surface area contributed by atoms with E-state index in [1.54, 1.807) is 23.6 Å². The number of esters is 2. The number of carbonyl (C=O) groups is 2. The fraction of sp³-hybridized carbons (Fsp3) is 0.176. The van der Waals surface area contributed by atoms with Gasteiger partial charge in [-0.1, -0.05) is 47.7 Å². The van der Waals surface area contributed by atoms with Gasteiger partial charge in [0.15, 0.2) is 4.80 Å². The molecule has 8 nitrogen and oxygen atoms in total. The molecule has 0 aliphatic carbocycles. The van der Waals surface area contributed by atoms with Crippen molar-refractivity contribution in [3.8, 4) is 5.69 Å². The van der Waals surface area contributed by atoms with Gasteiger partial charge >= 0.3 is 11.9 Å². The lowest BCUT2D eigenvalue weighted by atomic mass is 9.97. The van der Waals surface area contributed by atoms with E-state index < -0.39 is 18.0 Å². The number of nitrogens with zero attached hydrogens (tertiary/aromatic N) is 3. The van der Waals surface area contributed by atoms with E-state index in [1.807, 2.05) is 86.0 Å². The second-order valence-electron chi connectivity index (χ2n) is 10.1. The number of thiazole rings is 1. The zero-order chi connectivity index (χ0) is 31.0. The average Bonchev–Trinajstić information content (AvgIpc) is 3.75. The molecule has 0 bridgehead atoms. The molecule has 0 N–H and O–H groups in total. The van der Waals surface area contributed by atoms with Crippen molar-refractivity contribution in [1.29, 1.82) is 0 Å². The zero-order valence-corrected chi connectivity index (χ0v) is 26.2. The standard InChI is InChI=1S/C34H29N3O5S2/c1-5-42-33(40)28-29(22-10-7-6-8-11-22)35-34-37(30(28)26-12-9-17-43-26)31(38)27(44-34)19-24-18-20(2)36(21(24)3)25-15-13-23(14-16-25)32(39)41-4/h6-19,30H,5H2,1-4H3/t30-/m1/s1. The first kappa shape index (κ1) is 29.3. The van der Waals surface area contributed by atoms with E-state index in [0.29, 0.717) is 26.2 Å². The summed E-state index contributed by atoms with van der Waals surface area (Å²) in [5.74, 6) is -0.888. The lowest BCUT2D eigenvalue weighted by Gasteiger charge is -2.24. The van der Waals surface area contributed by atoms with Gasteiger partial charge in [0.1, 0.15) is 6.04 Å². The van der Waals surface area contributed by atoms with Crippen molar-refractivity contribution < 1.29 is 19.1 Å². The number of ether oxygens (including phenoxy) is 2. The molecule has 5 aromatic rings. The third-order valence-electron chi connectivity index (χ3n) is 7.49. The van der Waals surface area contributed by atoms with E-state index in [4.69, 9.17) is 14.5 Å². The number of thiophene rings is 1. The van der Waals surface area contributed by atoms with Crippen molar-refractivity contribution in [2.75, 3.05) is 13.7 Å². The van der Waals surface area contributed by atoms with Gasteiger partial charge in [0, 0.05) is 27.5 Å². The lowest BCUT2D eigenvalue weighted by molar-refractivity contribution is -0.138. The molecule has 44 heavy (non-hydrogen) atoms. The summed E-state index contributed by atoms with van der Waals surface area (Å²) in [6, 6.07) is 21.9. The SMILES string of the molecule is CCOC(=O)C1=C(c2ccccc2)N=c2sc(=Cc3cc(C)n(-c4ccc(C(=O)OC)cc4)c3C)c(=O)n2[C@@H]1c1cccs1. The Morgan fingerprint density at radius 2 is 1.75 bits per heavy atom. The summed E-state index contributed by atoms with van der Waals surface area (Å²) in [7, 11) is 1.36. The van der Waals surface area contributed by atoms with Gasteiger partial charge in [0.05, 0.1) is 35.1 Å². The predicted molar refractivity (Wildman–Crippen MR) is 172 cm³/mol. The topological polar surface area (TPSA) is 91.9 Å². The van der Waals surface area contributed by atoms with Crippen molar-refractivity contribution in [1.82, 2.24) is 9.13 Å². The highest BCUT2D eigenvalue weighted by Gasteiger charge is 2.35. The molecule has 0 unspecified atom stereocenters. The monoisotopic (exact) mass is 623 g/mol. The van der Waals surface area contributed by atoms with Gasteiger partial charge in [-0.2, -0.15) is 0 Å². The highest BCUT2D eigenvalue weighted by molar-refractivity contribution is 7.10. The maximum Gasteiger partial charge on any atom is 0.338 e. The van der Waals surface area contributed by atoms with E-state index in [1.165, 1.54) is 29.8 Å². The van der Waals surface area contributed by atoms with Gasteiger partial charge < -0.3 is 14.0 Å². The number of aromatic nitrogens is 2. The molecule has 4 heterocycles. The second-order valence-corrected chi connectivity index (χ2v) is 12.1. The van der Waals surface area contributed by atoms with Crippen LogP contribution in [0.25, 0.3) is 17.5 Å². The van der Waals surface area contributed by atoms with Crippen LogP contribution >= 0.6 is 22.7 Å². The first-order valence-electron chi connectivity index (χ1n) is 14.0. The number of rotatable bonds is 7. The normalized spacial score (nSPS) is 14.7. The molecule has 0 fully saturated rings. The van der Waals surface area contributed by atoms with Crippen molar-refractivity contribution in [3.05, 3.63) is 136 Å². The Morgan fingerprint density at radius 3 is 2.41 bits per heavy atom. The molecule has 2 aromatic carbocycles. The van der Waals surface area contributed by atoms with Crippen LogP contribution in [-0.4, -0.2) is 34.8 Å². The molecule has 222 valence electrons. The molecule has 0 saturated heterocycles. The molecule has 6 rings (SSSR count). The van der Waals surface area contributed by atoms with Gasteiger partial charge in [-0.05, 0) is 74.2 Å². The van der Waals surface area contributed by atoms with Crippen molar-refractivity contribution in [3.63, 3.8) is 0 Å². The molecule has 0 amide bonds. The highest BCUT2D eigenvalue weighted by atomic mass is 32.1. The zero-order valence-electron chi connectivity index (χ0n) is 24.6. The van der Waals surface area contributed by atoms with Gasteiger partial charge in [0.25, 0.3) is 5.56 Å². The Bertz CT molecular complexity index is 2080. The number of carbonyl (C=O) groups excluding carboxylic acids is 2. The minimum absolute atomic E-state index is 0.201. The summed E-state index contributed by atoms with van der Waals surface area (Å²) in [5, 5.41) is 1.93. The Morgan fingerprint density at radius 1 is 1.00 bits per heavy atom. The molecular formula is C34H29N3O5S2. The quantitative estimate of drug-likeness (QED) is 0.233. The molecule has 1 atom stereocenters. The minimum Gasteiger partial charge on any atom is -0.465 e. The number of hydrogen-bond acceptors (Lipinski definition) is 8. The minimum atomic E-state index is -0.677. The van der Waals surface area contributed by atoms with E-state index in [2.05, 4.69) is 4.57 Å². The first-order valence-corrected chi connectivity index (χ1v) is 15.7. The maximum atomic E-state index is 14.2. The number of fused-ring (bicyclic) bond motifs is 1. The van der Waals surface area contributed by atoms with Crippen molar-refractivity contribution in [2.45, 2.75) is 26.8 Å². The summed E-state index contributed by atoms with van der Waals surface area (Å²) < 4.78 is 14.5. The Balaban J connectivity index is 1.52. The summed E-state index contributed by atoms with van der Waals surface area (Å²) in [5.41, 5.74) is 5.54. The van der Waals surface area contributed by atoms with Gasteiger partial charge in [-0.15, -0.1) is 11.3 Å². The summed E-state index contributed by atoms with van der Waals surface area (Å²) >= 11 is 2.78. The Labute approximate surface area is 261 Å². The van der Waals surface area contributed by atoms with Crippen LogP contribution in [0.3, 0.4) is 0 Å². The molecule has 1 aliphatic rings. The van der Waals surface area contributed by atoms with Crippen LogP contribution in [0.4, 0.5) is 0 Å². The van der Waals surface area contributed by atoms with Crippen LogP contribution in [0.5, 0.6) is 0 Å². The maximum absolute atomic E-state index is 14.2. The largest absolute Gasteiger partial charge is 0.465 e. The van der Waals surface area contributed by atoms with Crippen LogP contribution in [0.1, 0.15) is 50.7 Å². The molecular weight excluding hydrogens is 595 g/mol. The van der Waals surface area contributed by atoms with Gasteiger partial charge in [-0.25, -0.2) is 14.6 Å². The van der Waals surface area contributed by atoms with E-state index >= 15 is 0 Å². The van der Waals surface area contributed by atoms with Crippen LogP contribution < -0.4 is 14.9 Å². The summed E-state index contributed by atoms with van der Waals surface area (Å²) in [4.78, 5) is 45.8. The summed E-state index contributed by atoms with van der Waals surface area (Å²) in [6.45, 7) is 5.95. The molecule has 10 heteroatoms. The fourth-order valence-corrected chi connectivity index (χ4v) is 7.31. The van der Waals surface area contributed by atoms with E-state index in [9.17, 15) is 14.4 Å². The third-order valence-corrected chi connectivity index (χ3v) is 9.40. The molecule has 0 spiro atoms. The van der Waals surface area contributed by atoms with Crippen LogP contribution in [-0.2, 0) is 14.3 Å². The number of methoxy groups -OCH3 is 1.